The maximum Gasteiger partial charge on any atom is 0.304 e. The molecule has 0 heterocycles. The highest BCUT2D eigenvalue weighted by Crippen LogP contribution is 2.31. The van der Waals surface area contributed by atoms with Gasteiger partial charge in [-0.1, -0.05) is 25.4 Å². The Morgan fingerprint density at radius 1 is 1.53 bits per heavy atom. The van der Waals surface area contributed by atoms with Gasteiger partial charge in [0.15, 0.2) is 0 Å². The smallest absolute Gasteiger partial charge is 0.304 e. The molecule has 4 heteroatoms. The van der Waals surface area contributed by atoms with Crippen molar-refractivity contribution in [2.24, 2.45) is 0 Å². The first-order valence-electron chi connectivity index (χ1n) is 4.50. The molecule has 2 nitrogen and oxygen atoms in total. The second-order valence-electron chi connectivity index (χ2n) is 4.08. The zero-order chi connectivity index (χ0) is 11.6. The van der Waals surface area contributed by atoms with Crippen molar-refractivity contribution in [1.29, 1.82) is 0 Å². The summed E-state index contributed by atoms with van der Waals surface area (Å²) in [7, 11) is 0. The van der Waals surface area contributed by atoms with E-state index in [0.29, 0.717) is 10.6 Å². The summed E-state index contributed by atoms with van der Waals surface area (Å²) in [5.74, 6) is -1.38. The first kappa shape index (κ1) is 12.0. The van der Waals surface area contributed by atoms with E-state index in [0.717, 1.165) is 0 Å². The van der Waals surface area contributed by atoms with Crippen molar-refractivity contribution in [3.63, 3.8) is 0 Å². The van der Waals surface area contributed by atoms with E-state index in [-0.39, 0.29) is 6.42 Å². The van der Waals surface area contributed by atoms with Crippen LogP contribution in [0, 0.1) is 5.82 Å². The van der Waals surface area contributed by atoms with Crippen LogP contribution in [0.5, 0.6) is 0 Å². The lowest BCUT2D eigenvalue weighted by molar-refractivity contribution is -0.138. The normalized spacial score (nSPS) is 11.5. The number of halogens is 2. The molecule has 82 valence electrons. The lowest BCUT2D eigenvalue weighted by atomic mass is 9.81. The molecule has 0 aromatic heterocycles. The van der Waals surface area contributed by atoms with Crippen molar-refractivity contribution in [1.82, 2.24) is 0 Å². The molecule has 0 radical (unpaired) electrons. The van der Waals surface area contributed by atoms with Gasteiger partial charge in [-0.15, -0.1) is 0 Å². The molecule has 0 amide bonds. The number of carboxylic acid groups (broad SMARTS) is 1. The maximum atomic E-state index is 13.5. The van der Waals surface area contributed by atoms with Crippen LogP contribution in [-0.4, -0.2) is 11.1 Å². The summed E-state index contributed by atoms with van der Waals surface area (Å²) in [4.78, 5) is 10.6. The number of hydrogen-bond donors (Lipinski definition) is 1. The molecule has 1 aromatic carbocycles. The Bertz CT molecular complexity index is 388. The fourth-order valence-electron chi connectivity index (χ4n) is 1.49. The molecule has 0 aliphatic heterocycles. The quantitative estimate of drug-likeness (QED) is 0.866. The van der Waals surface area contributed by atoms with Gasteiger partial charge in [0, 0.05) is 10.4 Å². The van der Waals surface area contributed by atoms with Crippen LogP contribution in [0.25, 0.3) is 0 Å². The summed E-state index contributed by atoms with van der Waals surface area (Å²) < 4.78 is 13.5. The molecule has 0 bridgehead atoms. The van der Waals surface area contributed by atoms with E-state index in [1.54, 1.807) is 13.8 Å². The van der Waals surface area contributed by atoms with E-state index >= 15 is 0 Å². The summed E-state index contributed by atoms with van der Waals surface area (Å²) in [6, 6.07) is 4.17. The van der Waals surface area contributed by atoms with Crippen LogP contribution in [-0.2, 0) is 10.2 Å². The number of carboxylic acids is 1. The van der Waals surface area contributed by atoms with Crippen LogP contribution in [0.2, 0.25) is 5.02 Å². The minimum Gasteiger partial charge on any atom is -0.481 e. The molecular weight excluding hydrogens is 219 g/mol. The molecule has 1 aromatic rings. The van der Waals surface area contributed by atoms with Crippen molar-refractivity contribution < 1.29 is 14.3 Å². The summed E-state index contributed by atoms with van der Waals surface area (Å²) in [5, 5.41) is 9.12. The molecule has 15 heavy (non-hydrogen) atoms. The number of aliphatic carboxylic acids is 1. The lowest BCUT2D eigenvalue weighted by Gasteiger charge is -2.23. The molecule has 0 spiro atoms. The second kappa shape index (κ2) is 4.19. The van der Waals surface area contributed by atoms with E-state index in [2.05, 4.69) is 0 Å². The summed E-state index contributed by atoms with van der Waals surface area (Å²) >= 11 is 5.75. The Kier molecular flexibility index (Phi) is 3.35. The zero-order valence-electron chi connectivity index (χ0n) is 8.55. The second-order valence-corrected chi connectivity index (χ2v) is 4.52. The largest absolute Gasteiger partial charge is 0.481 e. The fraction of sp³-hybridized carbons (Fsp3) is 0.364. The topological polar surface area (TPSA) is 37.3 Å². The van der Waals surface area contributed by atoms with Gasteiger partial charge in [0.05, 0.1) is 6.42 Å². The Balaban J connectivity index is 3.13. The third-order valence-corrected chi connectivity index (χ3v) is 2.49. The fourth-order valence-corrected chi connectivity index (χ4v) is 1.66. The predicted molar refractivity (Wildman–Crippen MR) is 56.7 cm³/mol. The van der Waals surface area contributed by atoms with Crippen LogP contribution in [0.4, 0.5) is 4.39 Å². The third kappa shape index (κ3) is 2.93. The van der Waals surface area contributed by atoms with Crippen LogP contribution in [0.3, 0.4) is 0 Å². The van der Waals surface area contributed by atoms with Gasteiger partial charge in [-0.05, 0) is 23.8 Å². The Morgan fingerprint density at radius 3 is 2.67 bits per heavy atom. The minimum atomic E-state index is -0.959. The van der Waals surface area contributed by atoms with E-state index in [1.165, 1.54) is 18.2 Å². The van der Waals surface area contributed by atoms with Gasteiger partial charge in [-0.3, -0.25) is 4.79 Å². The molecule has 0 saturated carbocycles. The molecule has 1 rings (SSSR count). The molecule has 1 N–H and O–H groups in total. The van der Waals surface area contributed by atoms with E-state index in [4.69, 9.17) is 16.7 Å². The molecule has 0 unspecified atom stereocenters. The molecule has 0 aliphatic carbocycles. The summed E-state index contributed by atoms with van der Waals surface area (Å²) in [5.41, 5.74) is -0.432. The highest BCUT2D eigenvalue weighted by molar-refractivity contribution is 6.30. The van der Waals surface area contributed by atoms with Gasteiger partial charge in [0.1, 0.15) is 5.82 Å². The monoisotopic (exact) mass is 230 g/mol. The van der Waals surface area contributed by atoms with Gasteiger partial charge >= 0.3 is 5.97 Å². The number of rotatable bonds is 3. The Hall–Kier alpha value is -1.09. The van der Waals surface area contributed by atoms with E-state index in [1.807, 2.05) is 0 Å². The number of benzene rings is 1. The van der Waals surface area contributed by atoms with E-state index in [9.17, 15) is 9.18 Å². The summed E-state index contributed by atoms with van der Waals surface area (Å²) in [6.45, 7) is 3.35. The average molecular weight is 231 g/mol. The van der Waals surface area contributed by atoms with Crippen LogP contribution >= 0.6 is 11.6 Å². The van der Waals surface area contributed by atoms with Gasteiger partial charge in [-0.2, -0.15) is 0 Å². The molecule has 0 saturated heterocycles. The van der Waals surface area contributed by atoms with Gasteiger partial charge < -0.3 is 5.11 Å². The predicted octanol–water partition coefficient (Wildman–Crippen LogP) is 3.23. The molecule has 0 aliphatic rings. The first-order valence-corrected chi connectivity index (χ1v) is 4.88. The first-order chi connectivity index (χ1) is 6.83. The SMILES string of the molecule is CC(C)(CC(=O)O)c1cc(Cl)ccc1F. The Labute approximate surface area is 92.7 Å². The van der Waals surface area contributed by atoms with Crippen LogP contribution in [0.15, 0.2) is 18.2 Å². The van der Waals surface area contributed by atoms with E-state index < -0.39 is 17.2 Å². The third-order valence-electron chi connectivity index (χ3n) is 2.25. The Morgan fingerprint density at radius 2 is 2.13 bits per heavy atom. The van der Waals surface area contributed by atoms with Crippen LogP contribution in [0.1, 0.15) is 25.8 Å². The maximum absolute atomic E-state index is 13.5. The molecule has 0 atom stereocenters. The minimum absolute atomic E-state index is 0.135. The zero-order valence-corrected chi connectivity index (χ0v) is 9.31. The van der Waals surface area contributed by atoms with Crippen molar-refractivity contribution in [3.05, 3.63) is 34.6 Å². The average Bonchev–Trinajstić information content (AvgIpc) is 2.06. The standard InChI is InChI=1S/C11H12ClFO2/c1-11(2,6-10(14)15)8-5-7(12)3-4-9(8)13/h3-5H,6H2,1-2H3,(H,14,15). The lowest BCUT2D eigenvalue weighted by Crippen LogP contribution is -2.23. The van der Waals surface area contributed by atoms with Gasteiger partial charge in [-0.25, -0.2) is 4.39 Å². The van der Waals surface area contributed by atoms with Gasteiger partial charge in [0.25, 0.3) is 0 Å². The highest BCUT2D eigenvalue weighted by atomic mass is 35.5. The number of hydrogen-bond acceptors (Lipinski definition) is 1. The molecule has 0 fully saturated rings. The van der Waals surface area contributed by atoms with Crippen molar-refractivity contribution in [3.8, 4) is 0 Å². The van der Waals surface area contributed by atoms with Crippen molar-refractivity contribution in [2.45, 2.75) is 25.7 Å². The van der Waals surface area contributed by atoms with Gasteiger partial charge in [0.2, 0.25) is 0 Å². The van der Waals surface area contributed by atoms with Crippen molar-refractivity contribution >= 4 is 17.6 Å². The van der Waals surface area contributed by atoms with Crippen molar-refractivity contribution in [2.75, 3.05) is 0 Å². The highest BCUT2D eigenvalue weighted by Gasteiger charge is 2.27. The molecular formula is C11H12ClFO2. The summed E-state index contributed by atoms with van der Waals surface area (Å²) in [6.07, 6.45) is -0.135. The van der Waals surface area contributed by atoms with Crippen LogP contribution < -0.4 is 0 Å². The number of carbonyl (C=O) groups is 1.